The third-order valence-electron chi connectivity index (χ3n) is 2.70. The molecule has 2 heterocycles. The molecular weight excluding hydrogens is 264 g/mol. The molecule has 1 aliphatic rings. The van der Waals surface area contributed by atoms with E-state index >= 15 is 0 Å². The molecule has 1 atom stereocenters. The van der Waals surface area contributed by atoms with Gasteiger partial charge in [-0.25, -0.2) is 21.8 Å². The van der Waals surface area contributed by atoms with E-state index in [-0.39, 0.29) is 28.6 Å². The molecule has 1 aromatic rings. The number of hydrogen-bond acceptors (Lipinski definition) is 6. The van der Waals surface area contributed by atoms with E-state index in [0.29, 0.717) is 0 Å². The van der Waals surface area contributed by atoms with Gasteiger partial charge in [0.2, 0.25) is 9.84 Å². The summed E-state index contributed by atoms with van der Waals surface area (Å²) in [6.07, 6.45) is 1.44. The molecule has 0 bridgehead atoms. The highest BCUT2D eigenvalue weighted by molar-refractivity contribution is 7.96. The summed E-state index contributed by atoms with van der Waals surface area (Å²) in [6.45, 7) is 0. The lowest BCUT2D eigenvalue weighted by Crippen LogP contribution is -2.24. The summed E-state index contributed by atoms with van der Waals surface area (Å²) in [7, 11) is -7.00. The molecule has 1 aliphatic heterocycles. The highest BCUT2D eigenvalue weighted by atomic mass is 32.2. The zero-order valence-corrected chi connectivity index (χ0v) is 10.5. The number of nitrogens with two attached hydrogens (primary N) is 1. The second-order valence-electron chi connectivity index (χ2n) is 3.97. The van der Waals surface area contributed by atoms with Crippen LogP contribution >= 0.6 is 0 Å². The zero-order chi connectivity index (χ0) is 12.7. The maximum Gasteiger partial charge on any atom is 0.201 e. The molecule has 94 valence electrons. The van der Waals surface area contributed by atoms with E-state index in [4.69, 9.17) is 5.73 Å². The van der Waals surface area contributed by atoms with Crippen molar-refractivity contribution in [1.82, 2.24) is 4.98 Å². The van der Waals surface area contributed by atoms with Crippen molar-refractivity contribution in [2.45, 2.75) is 16.7 Å². The molecule has 1 saturated heterocycles. The third-order valence-corrected chi connectivity index (χ3v) is 6.84. The van der Waals surface area contributed by atoms with Crippen LogP contribution in [0.3, 0.4) is 0 Å². The Morgan fingerprint density at radius 3 is 2.65 bits per heavy atom. The van der Waals surface area contributed by atoms with Crippen LogP contribution in [0.15, 0.2) is 23.4 Å². The van der Waals surface area contributed by atoms with Gasteiger partial charge in [0.05, 0.1) is 22.4 Å². The number of pyridine rings is 1. The molecule has 0 saturated carbocycles. The number of hydrogen-bond donors (Lipinski definition) is 1. The summed E-state index contributed by atoms with van der Waals surface area (Å²) in [5, 5.41) is -1.15. The van der Waals surface area contributed by atoms with Gasteiger partial charge in [-0.15, -0.1) is 0 Å². The normalized spacial score (nSPS) is 23.6. The second kappa shape index (κ2) is 3.95. The minimum absolute atomic E-state index is 0.0526. The van der Waals surface area contributed by atoms with Crippen molar-refractivity contribution < 1.29 is 16.8 Å². The summed E-state index contributed by atoms with van der Waals surface area (Å²) in [6, 6.07) is 2.96. The molecule has 0 aromatic carbocycles. The number of nitrogens with zero attached hydrogens (tertiary/aromatic N) is 1. The molecule has 1 fully saturated rings. The fourth-order valence-corrected chi connectivity index (χ4v) is 6.18. The van der Waals surface area contributed by atoms with Crippen LogP contribution < -0.4 is 5.73 Å². The highest BCUT2D eigenvalue weighted by Gasteiger charge is 2.39. The molecule has 1 unspecified atom stereocenters. The van der Waals surface area contributed by atoms with Gasteiger partial charge in [0.1, 0.15) is 0 Å². The Hall–Kier alpha value is -1.15. The second-order valence-corrected chi connectivity index (χ2v) is 8.34. The standard InChI is InChI=1S/C9H12N2O4S2/c10-8-2-1-4-11-9(8)17(14,15)7-3-5-16(12,13)6-7/h1-2,4,7H,3,5-6,10H2. The van der Waals surface area contributed by atoms with Gasteiger partial charge in [-0.2, -0.15) is 0 Å². The van der Waals surface area contributed by atoms with Gasteiger partial charge in [0.25, 0.3) is 0 Å². The van der Waals surface area contributed by atoms with Crippen LogP contribution in [0.2, 0.25) is 0 Å². The maximum absolute atomic E-state index is 12.1. The van der Waals surface area contributed by atoms with E-state index in [2.05, 4.69) is 4.98 Å². The van der Waals surface area contributed by atoms with Crippen LogP contribution in [-0.4, -0.2) is 38.6 Å². The van der Waals surface area contributed by atoms with Gasteiger partial charge in [-0.3, -0.25) is 0 Å². The van der Waals surface area contributed by atoms with Crippen molar-refractivity contribution in [3.8, 4) is 0 Å². The van der Waals surface area contributed by atoms with Crippen LogP contribution in [0.5, 0.6) is 0 Å². The Balaban J connectivity index is 2.43. The van der Waals surface area contributed by atoms with E-state index in [9.17, 15) is 16.8 Å². The van der Waals surface area contributed by atoms with Crippen LogP contribution in [0.25, 0.3) is 0 Å². The predicted molar refractivity (Wildman–Crippen MR) is 62.9 cm³/mol. The number of aromatic nitrogens is 1. The van der Waals surface area contributed by atoms with Gasteiger partial charge in [-0.05, 0) is 18.6 Å². The quantitative estimate of drug-likeness (QED) is 0.789. The largest absolute Gasteiger partial charge is 0.396 e. The van der Waals surface area contributed by atoms with Crippen molar-refractivity contribution in [2.24, 2.45) is 0 Å². The van der Waals surface area contributed by atoms with Crippen molar-refractivity contribution in [3.05, 3.63) is 18.3 Å². The molecule has 17 heavy (non-hydrogen) atoms. The van der Waals surface area contributed by atoms with Crippen LogP contribution in [0, 0.1) is 0 Å². The summed E-state index contributed by atoms with van der Waals surface area (Å²) >= 11 is 0. The molecule has 0 amide bonds. The molecule has 8 heteroatoms. The lowest BCUT2D eigenvalue weighted by molar-refractivity contribution is 0.579. The fourth-order valence-electron chi connectivity index (χ4n) is 1.80. The fraction of sp³-hybridized carbons (Fsp3) is 0.444. The zero-order valence-electron chi connectivity index (χ0n) is 8.90. The SMILES string of the molecule is Nc1cccnc1S(=O)(=O)C1CCS(=O)(=O)C1. The Labute approximate surface area is 99.7 Å². The first kappa shape index (κ1) is 12.3. The van der Waals surface area contributed by atoms with Gasteiger partial charge in [0, 0.05) is 6.20 Å². The molecular formula is C9H12N2O4S2. The summed E-state index contributed by atoms with van der Waals surface area (Å²) in [4.78, 5) is 3.73. The monoisotopic (exact) mass is 276 g/mol. The molecule has 0 aliphatic carbocycles. The molecule has 0 spiro atoms. The van der Waals surface area contributed by atoms with Crippen molar-refractivity contribution >= 4 is 25.4 Å². The molecule has 2 rings (SSSR count). The molecule has 2 N–H and O–H groups in total. The van der Waals surface area contributed by atoms with Crippen molar-refractivity contribution in [3.63, 3.8) is 0 Å². The highest BCUT2D eigenvalue weighted by Crippen LogP contribution is 2.26. The average molecular weight is 276 g/mol. The number of rotatable bonds is 2. The molecule has 1 aromatic heterocycles. The Kier molecular flexibility index (Phi) is 2.86. The van der Waals surface area contributed by atoms with Crippen LogP contribution in [0.1, 0.15) is 6.42 Å². The lowest BCUT2D eigenvalue weighted by Gasteiger charge is -2.10. The Morgan fingerprint density at radius 1 is 1.41 bits per heavy atom. The first-order chi connectivity index (χ1) is 7.83. The summed E-state index contributed by atoms with van der Waals surface area (Å²) in [5.41, 5.74) is 5.60. The average Bonchev–Trinajstić information content (AvgIpc) is 2.60. The minimum Gasteiger partial charge on any atom is -0.396 e. The maximum atomic E-state index is 12.1. The van der Waals surface area contributed by atoms with E-state index in [1.807, 2.05) is 0 Å². The Morgan fingerprint density at radius 2 is 2.12 bits per heavy atom. The van der Waals surface area contributed by atoms with Gasteiger partial charge < -0.3 is 5.73 Å². The van der Waals surface area contributed by atoms with Gasteiger partial charge >= 0.3 is 0 Å². The number of anilines is 1. The van der Waals surface area contributed by atoms with E-state index in [0.717, 1.165) is 0 Å². The summed E-state index contributed by atoms with van der Waals surface area (Å²) < 4.78 is 46.8. The van der Waals surface area contributed by atoms with Crippen molar-refractivity contribution in [1.29, 1.82) is 0 Å². The lowest BCUT2D eigenvalue weighted by atomic mass is 10.4. The van der Waals surface area contributed by atoms with E-state index in [1.54, 1.807) is 0 Å². The van der Waals surface area contributed by atoms with Crippen molar-refractivity contribution in [2.75, 3.05) is 17.2 Å². The minimum atomic E-state index is -3.76. The first-order valence-corrected chi connectivity index (χ1v) is 8.34. The van der Waals surface area contributed by atoms with Gasteiger partial charge in [0.15, 0.2) is 14.9 Å². The van der Waals surface area contributed by atoms with E-state index in [1.165, 1.54) is 18.3 Å². The Bertz CT molecular complexity index is 637. The van der Waals surface area contributed by atoms with Crippen LogP contribution in [-0.2, 0) is 19.7 Å². The molecule has 0 radical (unpaired) electrons. The van der Waals surface area contributed by atoms with Crippen LogP contribution in [0.4, 0.5) is 5.69 Å². The number of nitrogen functional groups attached to an aromatic ring is 1. The smallest absolute Gasteiger partial charge is 0.201 e. The first-order valence-electron chi connectivity index (χ1n) is 4.98. The summed E-state index contributed by atoms with van der Waals surface area (Å²) in [5.74, 6) is -0.436. The topological polar surface area (TPSA) is 107 Å². The van der Waals surface area contributed by atoms with Gasteiger partial charge in [-0.1, -0.05) is 0 Å². The molecule has 6 nitrogen and oxygen atoms in total. The number of sulfone groups is 2. The predicted octanol–water partition coefficient (Wildman–Crippen LogP) is -0.375. The van der Waals surface area contributed by atoms with E-state index < -0.39 is 24.9 Å². The third kappa shape index (κ3) is 2.27.